The summed E-state index contributed by atoms with van der Waals surface area (Å²) in [7, 11) is 1.49. The second-order valence-corrected chi connectivity index (χ2v) is 5.19. The number of carbonyl (C=O) groups is 1. The van der Waals surface area contributed by atoms with Gasteiger partial charge in [0.15, 0.2) is 6.61 Å². The number of nitriles is 1. The molecule has 0 saturated carbocycles. The van der Waals surface area contributed by atoms with E-state index in [9.17, 15) is 14.9 Å². The van der Waals surface area contributed by atoms with Gasteiger partial charge in [-0.25, -0.2) is 0 Å². The van der Waals surface area contributed by atoms with Gasteiger partial charge in [0.05, 0.1) is 16.0 Å². The maximum atomic E-state index is 11.9. The van der Waals surface area contributed by atoms with Crippen LogP contribution in [0.5, 0.6) is 5.75 Å². The van der Waals surface area contributed by atoms with Crippen molar-refractivity contribution in [2.45, 2.75) is 19.4 Å². The van der Waals surface area contributed by atoms with Crippen molar-refractivity contribution in [1.82, 2.24) is 4.90 Å². The number of halogens is 1. The van der Waals surface area contributed by atoms with Crippen LogP contribution in [-0.2, 0) is 4.79 Å². The van der Waals surface area contributed by atoms with Crippen LogP contribution in [0.1, 0.15) is 13.8 Å². The van der Waals surface area contributed by atoms with Crippen molar-refractivity contribution in [3.05, 3.63) is 33.3 Å². The highest BCUT2D eigenvalue weighted by Crippen LogP contribution is 2.28. The first-order valence-corrected chi connectivity index (χ1v) is 6.31. The molecule has 112 valence electrons. The minimum absolute atomic E-state index is 0.0409. The van der Waals surface area contributed by atoms with Gasteiger partial charge in [-0.05, 0) is 19.9 Å². The van der Waals surface area contributed by atoms with Crippen LogP contribution in [0.2, 0.25) is 5.02 Å². The number of nitro benzene ring substituents is 1. The maximum absolute atomic E-state index is 11.9. The lowest BCUT2D eigenvalue weighted by Crippen LogP contribution is -2.45. The Kier molecular flexibility index (Phi) is 5.11. The number of hydrogen-bond donors (Lipinski definition) is 0. The highest BCUT2D eigenvalue weighted by atomic mass is 35.5. The lowest BCUT2D eigenvalue weighted by Gasteiger charge is -2.29. The molecule has 8 heteroatoms. The highest BCUT2D eigenvalue weighted by molar-refractivity contribution is 6.32. The summed E-state index contributed by atoms with van der Waals surface area (Å²) in [6, 6.07) is 5.70. The van der Waals surface area contributed by atoms with Crippen LogP contribution in [0.15, 0.2) is 18.2 Å². The predicted molar refractivity (Wildman–Crippen MR) is 76.1 cm³/mol. The van der Waals surface area contributed by atoms with E-state index in [1.807, 2.05) is 6.07 Å². The average Bonchev–Trinajstić information content (AvgIpc) is 2.44. The van der Waals surface area contributed by atoms with E-state index in [1.165, 1.54) is 24.1 Å². The molecular formula is C13H14ClN3O4. The maximum Gasteiger partial charge on any atom is 0.271 e. The molecule has 7 nitrogen and oxygen atoms in total. The number of ether oxygens (including phenoxy) is 1. The molecule has 1 aromatic carbocycles. The molecule has 21 heavy (non-hydrogen) atoms. The van der Waals surface area contributed by atoms with Crippen molar-refractivity contribution in [1.29, 1.82) is 5.26 Å². The van der Waals surface area contributed by atoms with E-state index in [2.05, 4.69) is 0 Å². The third-order valence-electron chi connectivity index (χ3n) is 2.96. The Morgan fingerprint density at radius 1 is 1.57 bits per heavy atom. The van der Waals surface area contributed by atoms with E-state index in [0.29, 0.717) is 0 Å². The van der Waals surface area contributed by atoms with Crippen molar-refractivity contribution >= 4 is 23.2 Å². The molecule has 0 aromatic heterocycles. The van der Waals surface area contributed by atoms with Crippen molar-refractivity contribution in [2.75, 3.05) is 13.7 Å². The highest BCUT2D eigenvalue weighted by Gasteiger charge is 2.27. The fourth-order valence-electron chi connectivity index (χ4n) is 1.34. The Morgan fingerprint density at radius 3 is 2.67 bits per heavy atom. The Morgan fingerprint density at radius 2 is 2.19 bits per heavy atom. The van der Waals surface area contributed by atoms with Crippen LogP contribution in [0.4, 0.5) is 5.69 Å². The first-order chi connectivity index (χ1) is 9.69. The summed E-state index contributed by atoms with van der Waals surface area (Å²) in [5.41, 5.74) is -1.12. The number of nitrogens with zero attached hydrogens (tertiary/aromatic N) is 3. The van der Waals surface area contributed by atoms with Gasteiger partial charge < -0.3 is 9.64 Å². The summed E-state index contributed by atoms with van der Waals surface area (Å²) in [5.74, 6) is -0.241. The number of rotatable bonds is 5. The van der Waals surface area contributed by atoms with Gasteiger partial charge in [0.25, 0.3) is 11.6 Å². The quantitative estimate of drug-likeness (QED) is 0.614. The molecule has 0 N–H and O–H groups in total. The summed E-state index contributed by atoms with van der Waals surface area (Å²) in [6.07, 6.45) is 0. The summed E-state index contributed by atoms with van der Waals surface area (Å²) in [4.78, 5) is 23.2. The Balaban J connectivity index is 2.74. The standard InChI is InChI=1S/C13H14ClN3O4/c1-13(2,8-15)16(3)12(18)7-21-11-5-4-9(17(19)20)6-10(11)14/h4-6H,7H2,1-3H3. The number of hydrogen-bond acceptors (Lipinski definition) is 5. The van der Waals surface area contributed by atoms with Gasteiger partial charge in [0, 0.05) is 19.2 Å². The largest absolute Gasteiger partial charge is 0.482 e. The van der Waals surface area contributed by atoms with Crippen LogP contribution >= 0.6 is 11.6 Å². The molecular weight excluding hydrogens is 298 g/mol. The van der Waals surface area contributed by atoms with Gasteiger partial charge in [-0.15, -0.1) is 0 Å². The van der Waals surface area contributed by atoms with Crippen molar-refractivity contribution in [3.8, 4) is 11.8 Å². The monoisotopic (exact) mass is 311 g/mol. The molecule has 0 aliphatic heterocycles. The number of amides is 1. The first-order valence-electron chi connectivity index (χ1n) is 5.93. The van der Waals surface area contributed by atoms with Crippen LogP contribution < -0.4 is 4.74 Å². The summed E-state index contributed by atoms with van der Waals surface area (Å²) in [6.45, 7) is 2.88. The topological polar surface area (TPSA) is 96.5 Å². The first kappa shape index (κ1) is 16.7. The Bertz CT molecular complexity index is 610. The molecule has 0 fully saturated rings. The molecule has 0 unspecified atom stereocenters. The third kappa shape index (κ3) is 4.07. The summed E-state index contributed by atoms with van der Waals surface area (Å²) >= 11 is 5.85. The minimum Gasteiger partial charge on any atom is -0.482 e. The lowest BCUT2D eigenvalue weighted by molar-refractivity contribution is -0.384. The smallest absolute Gasteiger partial charge is 0.271 e. The van der Waals surface area contributed by atoms with Gasteiger partial charge in [-0.3, -0.25) is 14.9 Å². The van der Waals surface area contributed by atoms with E-state index in [-0.39, 0.29) is 23.1 Å². The van der Waals surface area contributed by atoms with Gasteiger partial charge >= 0.3 is 0 Å². The zero-order valence-electron chi connectivity index (χ0n) is 11.8. The van der Waals surface area contributed by atoms with Crippen LogP contribution in [0.3, 0.4) is 0 Å². The summed E-state index contributed by atoms with van der Waals surface area (Å²) < 4.78 is 5.24. The second-order valence-electron chi connectivity index (χ2n) is 4.78. The average molecular weight is 312 g/mol. The number of non-ortho nitro benzene ring substituents is 1. The Labute approximate surface area is 126 Å². The molecule has 0 aliphatic rings. The van der Waals surface area contributed by atoms with E-state index in [4.69, 9.17) is 21.6 Å². The van der Waals surface area contributed by atoms with Crippen molar-refractivity contribution in [3.63, 3.8) is 0 Å². The van der Waals surface area contributed by atoms with Gasteiger partial charge in [-0.1, -0.05) is 11.6 Å². The molecule has 0 saturated heterocycles. The van der Waals surface area contributed by atoms with E-state index in [1.54, 1.807) is 13.8 Å². The zero-order valence-corrected chi connectivity index (χ0v) is 12.5. The van der Waals surface area contributed by atoms with Crippen LogP contribution in [0, 0.1) is 21.4 Å². The molecule has 0 atom stereocenters. The number of likely N-dealkylation sites (N-methyl/N-ethyl adjacent to an activating group) is 1. The number of nitro groups is 1. The van der Waals surface area contributed by atoms with Gasteiger partial charge in [0.1, 0.15) is 11.3 Å². The van der Waals surface area contributed by atoms with Crippen LogP contribution in [-0.4, -0.2) is 34.9 Å². The molecule has 0 heterocycles. The molecule has 0 aliphatic carbocycles. The predicted octanol–water partition coefficient (Wildman–Crippen LogP) is 2.39. The fraction of sp³-hybridized carbons (Fsp3) is 0.385. The van der Waals surface area contributed by atoms with E-state index in [0.717, 1.165) is 6.07 Å². The van der Waals surface area contributed by atoms with Crippen molar-refractivity contribution in [2.24, 2.45) is 0 Å². The van der Waals surface area contributed by atoms with E-state index < -0.39 is 16.4 Å². The molecule has 1 rings (SSSR count). The fourth-order valence-corrected chi connectivity index (χ4v) is 1.57. The van der Waals surface area contributed by atoms with Gasteiger partial charge in [-0.2, -0.15) is 5.26 Å². The molecule has 1 amide bonds. The minimum atomic E-state index is -0.959. The normalized spacial score (nSPS) is 10.6. The number of benzene rings is 1. The number of carbonyl (C=O) groups excluding carboxylic acids is 1. The molecule has 0 bridgehead atoms. The van der Waals surface area contributed by atoms with Gasteiger partial charge in [0.2, 0.25) is 0 Å². The third-order valence-corrected chi connectivity index (χ3v) is 3.26. The molecule has 0 radical (unpaired) electrons. The van der Waals surface area contributed by atoms with Crippen molar-refractivity contribution < 1.29 is 14.5 Å². The lowest BCUT2D eigenvalue weighted by atomic mass is 10.1. The Hall–Kier alpha value is -2.33. The molecule has 1 aromatic rings. The SMILES string of the molecule is CN(C(=O)COc1ccc([N+](=O)[O-])cc1Cl)C(C)(C)C#N. The molecule has 0 spiro atoms. The second kappa shape index (κ2) is 6.41. The van der Waals surface area contributed by atoms with Crippen LogP contribution in [0.25, 0.3) is 0 Å². The zero-order chi connectivity index (χ0) is 16.2. The van der Waals surface area contributed by atoms with E-state index >= 15 is 0 Å². The summed E-state index contributed by atoms with van der Waals surface area (Å²) in [5, 5.41) is 19.6.